The molecule has 0 aliphatic heterocycles. The van der Waals surface area contributed by atoms with Gasteiger partial charge in [-0.05, 0) is 48.6 Å². The normalized spacial score (nSPS) is 16.2. The van der Waals surface area contributed by atoms with Crippen molar-refractivity contribution >= 4 is 11.0 Å². The van der Waals surface area contributed by atoms with Gasteiger partial charge in [0.05, 0.1) is 0 Å². The van der Waals surface area contributed by atoms with Gasteiger partial charge in [-0.25, -0.2) is 0 Å². The van der Waals surface area contributed by atoms with Gasteiger partial charge in [0.25, 0.3) is 0 Å². The van der Waals surface area contributed by atoms with Crippen LogP contribution in [0.1, 0.15) is 43.6 Å². The van der Waals surface area contributed by atoms with Crippen LogP contribution < -0.4 is 0 Å². The zero-order valence-electron chi connectivity index (χ0n) is 12.4. The summed E-state index contributed by atoms with van der Waals surface area (Å²) < 4.78 is 0. The maximum atomic E-state index is 10.2. The number of aromatic nitrogens is 3. The standard InChI is InChI=1S/C18H19N3O/c22-18-11-10-14(13-6-2-1-3-7-13)12-17(18)21-19-15-8-4-5-9-16(15)20-21/h4-5,8-13,22H,1-3,6-7H2. The quantitative estimate of drug-likeness (QED) is 0.771. The number of benzene rings is 2. The molecule has 2 aromatic carbocycles. The van der Waals surface area contributed by atoms with Crippen LogP contribution in [0.4, 0.5) is 0 Å². The highest BCUT2D eigenvalue weighted by Gasteiger charge is 2.18. The van der Waals surface area contributed by atoms with E-state index in [1.54, 1.807) is 10.9 Å². The lowest BCUT2D eigenvalue weighted by molar-refractivity contribution is 0.440. The van der Waals surface area contributed by atoms with Crippen molar-refractivity contribution in [1.82, 2.24) is 15.0 Å². The molecule has 1 aliphatic carbocycles. The summed E-state index contributed by atoms with van der Waals surface area (Å²) in [4.78, 5) is 1.55. The third-order valence-electron chi connectivity index (χ3n) is 4.58. The van der Waals surface area contributed by atoms with Gasteiger partial charge in [0.15, 0.2) is 0 Å². The number of hydrogen-bond donors (Lipinski definition) is 1. The molecule has 0 atom stereocenters. The van der Waals surface area contributed by atoms with Crippen molar-refractivity contribution in [2.75, 3.05) is 0 Å². The van der Waals surface area contributed by atoms with Gasteiger partial charge in [0.1, 0.15) is 22.5 Å². The Bertz CT molecular complexity index is 770. The number of rotatable bonds is 2. The van der Waals surface area contributed by atoms with Crippen molar-refractivity contribution in [3.05, 3.63) is 48.0 Å². The molecule has 0 amide bonds. The molecule has 4 rings (SSSR count). The maximum Gasteiger partial charge on any atom is 0.143 e. The molecule has 1 N–H and O–H groups in total. The Labute approximate surface area is 129 Å². The molecule has 1 saturated carbocycles. The lowest BCUT2D eigenvalue weighted by atomic mass is 9.84. The van der Waals surface area contributed by atoms with Gasteiger partial charge in [-0.2, -0.15) is 0 Å². The van der Waals surface area contributed by atoms with E-state index in [1.807, 2.05) is 36.4 Å². The summed E-state index contributed by atoms with van der Waals surface area (Å²) >= 11 is 0. The van der Waals surface area contributed by atoms with Gasteiger partial charge < -0.3 is 5.11 Å². The molecule has 1 aromatic heterocycles. The Kier molecular flexibility index (Phi) is 3.29. The molecule has 4 nitrogen and oxygen atoms in total. The van der Waals surface area contributed by atoms with Gasteiger partial charge in [0, 0.05) is 0 Å². The molecule has 0 bridgehead atoms. The van der Waals surface area contributed by atoms with E-state index in [9.17, 15) is 5.11 Å². The number of hydrogen-bond acceptors (Lipinski definition) is 3. The minimum atomic E-state index is 0.222. The summed E-state index contributed by atoms with van der Waals surface area (Å²) in [6, 6.07) is 13.6. The van der Waals surface area contributed by atoms with Crippen LogP contribution in [-0.2, 0) is 0 Å². The third-order valence-corrected chi connectivity index (χ3v) is 4.58. The van der Waals surface area contributed by atoms with Gasteiger partial charge in [-0.1, -0.05) is 37.5 Å². The Balaban J connectivity index is 1.76. The molecule has 0 saturated heterocycles. The first-order valence-electron chi connectivity index (χ1n) is 7.96. The predicted octanol–water partition coefficient (Wildman–Crippen LogP) is 4.17. The Hall–Kier alpha value is -2.36. The van der Waals surface area contributed by atoms with E-state index in [1.165, 1.54) is 37.7 Å². The lowest BCUT2D eigenvalue weighted by Gasteiger charge is -2.22. The highest BCUT2D eigenvalue weighted by Crippen LogP contribution is 2.35. The number of fused-ring (bicyclic) bond motifs is 1. The molecule has 112 valence electrons. The van der Waals surface area contributed by atoms with Crippen molar-refractivity contribution < 1.29 is 5.11 Å². The van der Waals surface area contributed by atoms with Crippen LogP contribution in [0.3, 0.4) is 0 Å². The molecular weight excluding hydrogens is 274 g/mol. The van der Waals surface area contributed by atoms with E-state index in [4.69, 9.17) is 0 Å². The zero-order valence-corrected chi connectivity index (χ0v) is 12.4. The van der Waals surface area contributed by atoms with Crippen molar-refractivity contribution in [3.63, 3.8) is 0 Å². The molecule has 3 aromatic rings. The second-order valence-electron chi connectivity index (χ2n) is 6.06. The highest BCUT2D eigenvalue weighted by atomic mass is 16.3. The first kappa shape index (κ1) is 13.3. The van der Waals surface area contributed by atoms with Gasteiger partial charge in [-0.3, -0.25) is 0 Å². The number of phenols is 1. The third kappa shape index (κ3) is 2.34. The van der Waals surface area contributed by atoms with E-state index in [0.29, 0.717) is 11.6 Å². The van der Waals surface area contributed by atoms with Crippen LogP contribution in [-0.4, -0.2) is 20.1 Å². The first-order chi connectivity index (χ1) is 10.8. The van der Waals surface area contributed by atoms with Crippen molar-refractivity contribution in [3.8, 4) is 11.4 Å². The van der Waals surface area contributed by atoms with Crippen molar-refractivity contribution in [1.29, 1.82) is 0 Å². The molecule has 0 unspecified atom stereocenters. The van der Waals surface area contributed by atoms with Gasteiger partial charge in [0.2, 0.25) is 0 Å². The van der Waals surface area contributed by atoms with E-state index in [2.05, 4.69) is 10.2 Å². The van der Waals surface area contributed by atoms with Crippen molar-refractivity contribution in [2.24, 2.45) is 0 Å². The second-order valence-corrected chi connectivity index (χ2v) is 6.06. The molecule has 0 spiro atoms. The fourth-order valence-electron chi connectivity index (χ4n) is 3.36. The van der Waals surface area contributed by atoms with E-state index in [0.717, 1.165) is 11.0 Å². The highest BCUT2D eigenvalue weighted by molar-refractivity contribution is 5.73. The smallest absolute Gasteiger partial charge is 0.143 e. The first-order valence-corrected chi connectivity index (χ1v) is 7.96. The maximum absolute atomic E-state index is 10.2. The van der Waals surface area contributed by atoms with E-state index < -0.39 is 0 Å². The van der Waals surface area contributed by atoms with E-state index >= 15 is 0 Å². The number of nitrogens with zero attached hydrogens (tertiary/aromatic N) is 3. The summed E-state index contributed by atoms with van der Waals surface area (Å²) in [6.45, 7) is 0. The largest absolute Gasteiger partial charge is 0.506 e. The molecular formula is C18H19N3O. The fourth-order valence-corrected chi connectivity index (χ4v) is 3.36. The minimum absolute atomic E-state index is 0.222. The topological polar surface area (TPSA) is 50.9 Å². The summed E-state index contributed by atoms with van der Waals surface area (Å²) in [5.41, 5.74) is 3.63. The molecule has 1 fully saturated rings. The van der Waals surface area contributed by atoms with E-state index in [-0.39, 0.29) is 5.75 Å². The number of phenolic OH excluding ortho intramolecular Hbond substituents is 1. The van der Waals surface area contributed by atoms with Gasteiger partial charge >= 0.3 is 0 Å². The van der Waals surface area contributed by atoms with Crippen LogP contribution in [0.25, 0.3) is 16.7 Å². The van der Waals surface area contributed by atoms with Crippen LogP contribution >= 0.6 is 0 Å². The molecule has 1 aliphatic rings. The van der Waals surface area contributed by atoms with Crippen LogP contribution in [0.5, 0.6) is 5.75 Å². The van der Waals surface area contributed by atoms with Crippen LogP contribution in [0, 0.1) is 0 Å². The lowest BCUT2D eigenvalue weighted by Crippen LogP contribution is -2.06. The fraction of sp³-hybridized carbons (Fsp3) is 0.333. The Morgan fingerprint density at radius 1 is 0.909 bits per heavy atom. The molecule has 22 heavy (non-hydrogen) atoms. The summed E-state index contributed by atoms with van der Waals surface area (Å²) in [5.74, 6) is 0.818. The second kappa shape index (κ2) is 5.44. The predicted molar refractivity (Wildman–Crippen MR) is 86.4 cm³/mol. The van der Waals surface area contributed by atoms with Gasteiger partial charge in [-0.15, -0.1) is 15.0 Å². The molecule has 4 heteroatoms. The summed E-state index contributed by atoms with van der Waals surface area (Å²) in [6.07, 6.45) is 6.40. The van der Waals surface area contributed by atoms with Crippen LogP contribution in [0.15, 0.2) is 42.5 Å². The summed E-state index contributed by atoms with van der Waals surface area (Å²) in [5, 5.41) is 19.2. The summed E-state index contributed by atoms with van der Waals surface area (Å²) in [7, 11) is 0. The minimum Gasteiger partial charge on any atom is -0.506 e. The Morgan fingerprint density at radius 2 is 1.59 bits per heavy atom. The monoisotopic (exact) mass is 293 g/mol. The van der Waals surface area contributed by atoms with Crippen molar-refractivity contribution in [2.45, 2.75) is 38.0 Å². The molecule has 0 radical (unpaired) electrons. The Morgan fingerprint density at radius 3 is 2.27 bits per heavy atom. The number of aromatic hydroxyl groups is 1. The SMILES string of the molecule is Oc1ccc(C2CCCCC2)cc1-n1nc2ccccc2n1. The molecule has 1 heterocycles. The average molecular weight is 293 g/mol. The zero-order chi connectivity index (χ0) is 14.9. The van der Waals surface area contributed by atoms with Crippen LogP contribution in [0.2, 0.25) is 0 Å². The average Bonchev–Trinajstić information content (AvgIpc) is 3.00.